The van der Waals surface area contributed by atoms with Gasteiger partial charge in [0.15, 0.2) is 11.5 Å². The third-order valence-electron chi connectivity index (χ3n) is 3.85. The van der Waals surface area contributed by atoms with Gasteiger partial charge in [0.25, 0.3) is 0 Å². The first kappa shape index (κ1) is 13.3. The Balaban J connectivity index is 2.33. The van der Waals surface area contributed by atoms with Crippen molar-refractivity contribution in [2.75, 3.05) is 0 Å². The number of phenols is 3. The predicted octanol–water partition coefficient (Wildman–Crippen LogP) is 4.24. The lowest BCUT2D eigenvalue weighted by Gasteiger charge is -2.14. The highest BCUT2D eigenvalue weighted by atomic mass is 16.3. The van der Waals surface area contributed by atoms with E-state index in [4.69, 9.17) is 0 Å². The lowest BCUT2D eigenvalue weighted by atomic mass is 9.91. The van der Waals surface area contributed by atoms with E-state index in [-0.39, 0.29) is 17.2 Å². The third kappa shape index (κ3) is 2.17. The summed E-state index contributed by atoms with van der Waals surface area (Å²) in [6, 6.07) is 12.2. The topological polar surface area (TPSA) is 60.7 Å². The minimum atomic E-state index is -0.119. The van der Waals surface area contributed by atoms with E-state index in [2.05, 4.69) is 0 Å². The molecule has 21 heavy (non-hydrogen) atoms. The number of benzene rings is 3. The first-order valence-corrected chi connectivity index (χ1v) is 6.72. The molecule has 0 saturated carbocycles. The van der Waals surface area contributed by atoms with Crippen molar-refractivity contribution >= 4 is 10.8 Å². The predicted molar refractivity (Wildman–Crippen MR) is 83.9 cm³/mol. The molecule has 0 amide bonds. The second-order valence-electron chi connectivity index (χ2n) is 5.30. The van der Waals surface area contributed by atoms with Gasteiger partial charge in [0, 0.05) is 0 Å². The fraction of sp³-hybridized carbons (Fsp3) is 0.111. The molecule has 0 bridgehead atoms. The van der Waals surface area contributed by atoms with Gasteiger partial charge in [-0.3, -0.25) is 0 Å². The highest BCUT2D eigenvalue weighted by Gasteiger charge is 2.12. The summed E-state index contributed by atoms with van der Waals surface area (Å²) in [5, 5.41) is 30.6. The van der Waals surface area contributed by atoms with Crippen LogP contribution in [0, 0.1) is 13.8 Å². The third-order valence-corrected chi connectivity index (χ3v) is 3.85. The zero-order chi connectivity index (χ0) is 15.1. The van der Waals surface area contributed by atoms with Gasteiger partial charge in [-0.25, -0.2) is 0 Å². The molecule has 3 nitrogen and oxygen atoms in total. The highest BCUT2D eigenvalue weighted by molar-refractivity contribution is 5.95. The van der Waals surface area contributed by atoms with E-state index in [9.17, 15) is 15.3 Å². The average Bonchev–Trinajstić information content (AvgIpc) is 2.43. The van der Waals surface area contributed by atoms with E-state index < -0.39 is 0 Å². The van der Waals surface area contributed by atoms with Crippen molar-refractivity contribution < 1.29 is 15.3 Å². The summed E-state index contributed by atoms with van der Waals surface area (Å²) in [5.41, 5.74) is 4.20. The van der Waals surface area contributed by atoms with Crippen LogP contribution in [-0.2, 0) is 0 Å². The molecule has 0 aliphatic carbocycles. The number of hydrogen-bond acceptors (Lipinski definition) is 3. The second kappa shape index (κ2) is 4.70. The number of fused-ring (bicyclic) bond motifs is 1. The molecule has 0 atom stereocenters. The Morgan fingerprint density at radius 3 is 2.05 bits per heavy atom. The van der Waals surface area contributed by atoms with Crippen LogP contribution in [0.2, 0.25) is 0 Å². The van der Waals surface area contributed by atoms with Gasteiger partial charge in [-0.15, -0.1) is 0 Å². The van der Waals surface area contributed by atoms with Crippen molar-refractivity contribution in [1.29, 1.82) is 0 Å². The SMILES string of the molecule is Cc1cc2cc(O)c(O)cc2c(C)c1-c1ccc(O)cc1. The quantitative estimate of drug-likeness (QED) is 0.584. The molecule has 0 radical (unpaired) electrons. The van der Waals surface area contributed by atoms with Crippen molar-refractivity contribution in [2.45, 2.75) is 13.8 Å². The second-order valence-corrected chi connectivity index (χ2v) is 5.30. The number of aryl methyl sites for hydroxylation is 2. The summed E-state index contributed by atoms with van der Waals surface area (Å²) in [6.07, 6.45) is 0. The molecule has 0 aromatic heterocycles. The van der Waals surface area contributed by atoms with E-state index in [0.29, 0.717) is 0 Å². The summed E-state index contributed by atoms with van der Waals surface area (Å²) in [5.74, 6) is 0.00204. The first-order chi connectivity index (χ1) is 9.97. The van der Waals surface area contributed by atoms with Crippen LogP contribution in [0.4, 0.5) is 0 Å². The summed E-state index contributed by atoms with van der Waals surface area (Å²) >= 11 is 0. The van der Waals surface area contributed by atoms with Gasteiger partial charge in [0.05, 0.1) is 0 Å². The van der Waals surface area contributed by atoms with Crippen LogP contribution < -0.4 is 0 Å². The number of rotatable bonds is 1. The van der Waals surface area contributed by atoms with Crippen molar-refractivity contribution in [2.24, 2.45) is 0 Å². The van der Waals surface area contributed by atoms with Gasteiger partial charge in [0.1, 0.15) is 5.75 Å². The van der Waals surface area contributed by atoms with Crippen molar-refractivity contribution in [3.05, 3.63) is 53.6 Å². The largest absolute Gasteiger partial charge is 0.508 e. The fourth-order valence-corrected chi connectivity index (χ4v) is 2.85. The maximum Gasteiger partial charge on any atom is 0.158 e. The van der Waals surface area contributed by atoms with E-state index in [1.807, 2.05) is 32.0 Å². The van der Waals surface area contributed by atoms with E-state index in [0.717, 1.165) is 33.0 Å². The Labute approximate surface area is 122 Å². The molecular weight excluding hydrogens is 264 g/mol. The Kier molecular flexibility index (Phi) is 2.98. The van der Waals surface area contributed by atoms with Gasteiger partial charge in [-0.1, -0.05) is 18.2 Å². The van der Waals surface area contributed by atoms with Gasteiger partial charge in [0.2, 0.25) is 0 Å². The van der Waals surface area contributed by atoms with E-state index in [1.54, 1.807) is 24.3 Å². The molecule has 0 aliphatic rings. The maximum atomic E-state index is 9.73. The Bertz CT molecular complexity index is 833. The monoisotopic (exact) mass is 280 g/mol. The van der Waals surface area contributed by atoms with Crippen LogP contribution in [0.15, 0.2) is 42.5 Å². The number of aromatic hydroxyl groups is 3. The van der Waals surface area contributed by atoms with Crippen molar-refractivity contribution in [3.63, 3.8) is 0 Å². The molecule has 0 saturated heterocycles. The zero-order valence-electron chi connectivity index (χ0n) is 11.9. The number of phenolic OH excluding ortho intramolecular Hbond substituents is 3. The lowest BCUT2D eigenvalue weighted by Crippen LogP contribution is -1.90. The van der Waals surface area contributed by atoms with Gasteiger partial charge < -0.3 is 15.3 Å². The zero-order valence-corrected chi connectivity index (χ0v) is 11.9. The summed E-state index contributed by atoms with van der Waals surface area (Å²) in [4.78, 5) is 0. The molecule has 0 heterocycles. The summed E-state index contributed by atoms with van der Waals surface area (Å²) in [7, 11) is 0. The van der Waals surface area contributed by atoms with Gasteiger partial charge in [-0.2, -0.15) is 0 Å². The molecule has 0 unspecified atom stereocenters. The van der Waals surface area contributed by atoms with Crippen molar-refractivity contribution in [1.82, 2.24) is 0 Å². The van der Waals surface area contributed by atoms with Crippen LogP contribution in [0.5, 0.6) is 17.2 Å². The molecule has 0 fully saturated rings. The van der Waals surface area contributed by atoms with Crippen LogP contribution in [0.3, 0.4) is 0 Å². The first-order valence-electron chi connectivity index (χ1n) is 6.72. The minimum absolute atomic E-state index is 0.112. The smallest absolute Gasteiger partial charge is 0.158 e. The molecule has 3 aromatic carbocycles. The molecule has 0 aliphatic heterocycles. The minimum Gasteiger partial charge on any atom is -0.508 e. The van der Waals surface area contributed by atoms with E-state index in [1.165, 1.54) is 0 Å². The Hall–Kier alpha value is -2.68. The molecule has 3 rings (SSSR count). The molecule has 0 spiro atoms. The fourth-order valence-electron chi connectivity index (χ4n) is 2.85. The van der Waals surface area contributed by atoms with Crippen LogP contribution in [0.1, 0.15) is 11.1 Å². The molecule has 3 heteroatoms. The summed E-state index contributed by atoms with van der Waals surface area (Å²) in [6.45, 7) is 4.01. The maximum absolute atomic E-state index is 9.73. The number of hydrogen-bond donors (Lipinski definition) is 3. The van der Waals surface area contributed by atoms with E-state index >= 15 is 0 Å². The van der Waals surface area contributed by atoms with Crippen molar-refractivity contribution in [3.8, 4) is 28.4 Å². The Morgan fingerprint density at radius 1 is 0.762 bits per heavy atom. The highest BCUT2D eigenvalue weighted by Crippen LogP contribution is 2.38. The van der Waals surface area contributed by atoms with Crippen LogP contribution in [-0.4, -0.2) is 15.3 Å². The standard InChI is InChI=1S/C18H16O3/c1-10-7-13-8-16(20)17(21)9-15(13)11(2)18(10)12-3-5-14(19)6-4-12/h3-9,19-21H,1-2H3. The molecule has 3 N–H and O–H groups in total. The average molecular weight is 280 g/mol. The van der Waals surface area contributed by atoms with Gasteiger partial charge in [-0.05, 0) is 71.1 Å². The summed E-state index contributed by atoms with van der Waals surface area (Å²) < 4.78 is 0. The van der Waals surface area contributed by atoms with Gasteiger partial charge >= 0.3 is 0 Å². The molecule has 106 valence electrons. The molecule has 3 aromatic rings. The lowest BCUT2D eigenvalue weighted by molar-refractivity contribution is 0.405. The molecular formula is C18H16O3. The van der Waals surface area contributed by atoms with Crippen LogP contribution >= 0.6 is 0 Å². The Morgan fingerprint density at radius 2 is 1.38 bits per heavy atom. The van der Waals surface area contributed by atoms with Crippen LogP contribution in [0.25, 0.3) is 21.9 Å². The normalized spacial score (nSPS) is 11.0.